The van der Waals surface area contributed by atoms with Gasteiger partial charge in [-0.1, -0.05) is 6.92 Å². The van der Waals surface area contributed by atoms with Gasteiger partial charge < -0.3 is 20.8 Å². The summed E-state index contributed by atoms with van der Waals surface area (Å²) in [6.07, 6.45) is 2.18. The van der Waals surface area contributed by atoms with Gasteiger partial charge in [-0.2, -0.15) is 0 Å². The Balaban J connectivity index is 2.01. The van der Waals surface area contributed by atoms with Gasteiger partial charge in [0.2, 0.25) is 0 Å². The van der Waals surface area contributed by atoms with Crippen LogP contribution in [0.5, 0.6) is 5.75 Å². The zero-order valence-corrected chi connectivity index (χ0v) is 10.6. The number of phenolic OH excluding ortho intramolecular Hbond substituents is 1. The molecule has 4 N–H and O–H groups in total. The summed E-state index contributed by atoms with van der Waals surface area (Å²) in [5.41, 5.74) is 0.193. The lowest BCUT2D eigenvalue weighted by atomic mass is 10.1. The molecule has 2 rings (SSSR count). The molecule has 1 aliphatic carbocycles. The van der Waals surface area contributed by atoms with Crippen molar-refractivity contribution < 1.29 is 19.8 Å². The van der Waals surface area contributed by atoms with E-state index in [1.54, 1.807) is 0 Å². The Hall–Kier alpha value is -2.24. The zero-order valence-electron chi connectivity index (χ0n) is 10.6. The Morgan fingerprint density at radius 2 is 2.05 bits per heavy atom. The molecule has 19 heavy (non-hydrogen) atoms. The smallest absolute Gasteiger partial charge is 0.337 e. The molecule has 0 radical (unpaired) electrons. The molecule has 0 heterocycles. The summed E-state index contributed by atoms with van der Waals surface area (Å²) in [5, 5.41) is 23.4. The van der Waals surface area contributed by atoms with Crippen LogP contribution in [-0.4, -0.2) is 28.8 Å². The number of anilines is 1. The van der Waals surface area contributed by atoms with E-state index >= 15 is 0 Å². The molecule has 6 nitrogen and oxygen atoms in total. The molecule has 0 aliphatic heterocycles. The minimum atomic E-state index is -1.21. The van der Waals surface area contributed by atoms with Gasteiger partial charge in [0.05, 0.1) is 11.3 Å². The highest BCUT2D eigenvalue weighted by Gasteiger charge is 2.37. The molecule has 102 valence electrons. The number of carboxylic acid groups (broad SMARTS) is 1. The number of hydrogen-bond acceptors (Lipinski definition) is 3. The lowest BCUT2D eigenvalue weighted by Crippen LogP contribution is -2.33. The van der Waals surface area contributed by atoms with Crippen LogP contribution < -0.4 is 10.6 Å². The molecule has 1 aromatic rings. The number of phenols is 1. The largest absolute Gasteiger partial charge is 0.508 e. The molecular formula is C13H16N2O4. The van der Waals surface area contributed by atoms with Crippen LogP contribution >= 0.6 is 0 Å². The number of amides is 2. The second-order valence-electron chi connectivity index (χ2n) is 5.15. The van der Waals surface area contributed by atoms with Crippen LogP contribution in [0.1, 0.15) is 30.1 Å². The van der Waals surface area contributed by atoms with E-state index in [1.807, 2.05) is 0 Å². The number of carbonyl (C=O) groups excluding carboxylic acids is 1. The quantitative estimate of drug-likeness (QED) is 0.625. The maximum atomic E-state index is 11.7. The van der Waals surface area contributed by atoms with Crippen LogP contribution in [-0.2, 0) is 0 Å². The highest BCUT2D eigenvalue weighted by molar-refractivity contribution is 6.00. The van der Waals surface area contributed by atoms with Gasteiger partial charge in [-0.25, -0.2) is 9.59 Å². The van der Waals surface area contributed by atoms with Crippen molar-refractivity contribution in [1.29, 1.82) is 0 Å². The van der Waals surface area contributed by atoms with Crippen molar-refractivity contribution in [2.75, 3.05) is 11.9 Å². The summed E-state index contributed by atoms with van der Waals surface area (Å²) in [5.74, 6) is -1.37. The fraction of sp³-hybridized carbons (Fsp3) is 0.385. The molecule has 0 bridgehead atoms. The third-order valence-corrected chi connectivity index (χ3v) is 3.26. The number of carboxylic acids is 1. The Morgan fingerprint density at radius 1 is 1.37 bits per heavy atom. The van der Waals surface area contributed by atoms with E-state index in [1.165, 1.54) is 12.1 Å². The Kier molecular flexibility index (Phi) is 3.33. The minimum Gasteiger partial charge on any atom is -0.508 e. The Bertz CT molecular complexity index is 523. The molecule has 6 heteroatoms. The van der Waals surface area contributed by atoms with E-state index in [0.29, 0.717) is 6.54 Å². The molecule has 0 spiro atoms. The van der Waals surface area contributed by atoms with Gasteiger partial charge in [0, 0.05) is 6.54 Å². The number of hydrogen-bond donors (Lipinski definition) is 4. The van der Waals surface area contributed by atoms with Crippen molar-refractivity contribution in [1.82, 2.24) is 5.32 Å². The second-order valence-corrected chi connectivity index (χ2v) is 5.15. The first kappa shape index (κ1) is 13.2. The third-order valence-electron chi connectivity index (χ3n) is 3.26. The minimum absolute atomic E-state index is 0.146. The maximum absolute atomic E-state index is 11.7. The van der Waals surface area contributed by atoms with Gasteiger partial charge >= 0.3 is 12.0 Å². The molecule has 1 saturated carbocycles. The summed E-state index contributed by atoms with van der Waals surface area (Å²) in [6, 6.07) is 3.34. The van der Waals surface area contributed by atoms with Crippen molar-refractivity contribution in [3.63, 3.8) is 0 Å². The van der Waals surface area contributed by atoms with Gasteiger partial charge in [0.1, 0.15) is 5.75 Å². The molecule has 0 aromatic heterocycles. The van der Waals surface area contributed by atoms with Gasteiger partial charge in [-0.3, -0.25) is 0 Å². The molecule has 1 aliphatic rings. The van der Waals surface area contributed by atoms with Crippen molar-refractivity contribution in [3.8, 4) is 5.75 Å². The Morgan fingerprint density at radius 3 is 2.63 bits per heavy atom. The van der Waals surface area contributed by atoms with Gasteiger partial charge in [0.15, 0.2) is 0 Å². The number of aromatic hydroxyl groups is 1. The number of benzene rings is 1. The molecule has 0 saturated heterocycles. The van der Waals surface area contributed by atoms with E-state index in [0.717, 1.165) is 18.9 Å². The predicted molar refractivity (Wildman–Crippen MR) is 69.4 cm³/mol. The molecule has 0 atom stereocenters. The van der Waals surface area contributed by atoms with Crippen molar-refractivity contribution in [3.05, 3.63) is 23.8 Å². The van der Waals surface area contributed by atoms with Gasteiger partial charge in [-0.05, 0) is 36.5 Å². The number of aromatic carboxylic acids is 1. The van der Waals surface area contributed by atoms with E-state index in [4.69, 9.17) is 5.11 Å². The topological polar surface area (TPSA) is 98.7 Å². The van der Waals surface area contributed by atoms with Crippen LogP contribution in [0.3, 0.4) is 0 Å². The Labute approximate surface area is 110 Å². The number of nitrogens with one attached hydrogen (secondary N) is 2. The maximum Gasteiger partial charge on any atom is 0.337 e. The lowest BCUT2D eigenvalue weighted by Gasteiger charge is -2.12. The standard InChI is InChI=1S/C13H16N2O4/c1-13(4-5-13)7-14-12(19)15-10-3-2-8(16)6-9(10)11(17)18/h2-3,6,16H,4-5,7H2,1H3,(H,17,18)(H2,14,15,19). The number of rotatable bonds is 4. The molecule has 1 aromatic carbocycles. The highest BCUT2D eigenvalue weighted by Crippen LogP contribution is 2.44. The average Bonchev–Trinajstić information content (AvgIpc) is 3.08. The molecule has 0 unspecified atom stereocenters. The number of urea groups is 1. The van der Waals surface area contributed by atoms with Crippen molar-refractivity contribution in [2.24, 2.45) is 5.41 Å². The third kappa shape index (κ3) is 3.37. The first-order chi connectivity index (χ1) is 8.89. The summed E-state index contributed by atoms with van der Waals surface area (Å²) in [7, 11) is 0. The van der Waals surface area contributed by atoms with Crippen LogP contribution in [0, 0.1) is 5.41 Å². The van der Waals surface area contributed by atoms with E-state index in [2.05, 4.69) is 17.6 Å². The molecule has 2 amide bonds. The monoisotopic (exact) mass is 264 g/mol. The average molecular weight is 264 g/mol. The van der Waals surface area contributed by atoms with Crippen molar-refractivity contribution in [2.45, 2.75) is 19.8 Å². The number of carbonyl (C=O) groups is 2. The van der Waals surface area contributed by atoms with E-state index < -0.39 is 12.0 Å². The van der Waals surface area contributed by atoms with Crippen molar-refractivity contribution >= 4 is 17.7 Å². The van der Waals surface area contributed by atoms with Gasteiger partial charge in [0.25, 0.3) is 0 Å². The van der Waals surface area contributed by atoms with Crippen LogP contribution in [0.25, 0.3) is 0 Å². The summed E-state index contributed by atoms with van der Waals surface area (Å²) >= 11 is 0. The van der Waals surface area contributed by atoms with E-state index in [-0.39, 0.29) is 22.4 Å². The van der Waals surface area contributed by atoms with Crippen LogP contribution in [0.2, 0.25) is 0 Å². The summed E-state index contributed by atoms with van der Waals surface area (Å²) < 4.78 is 0. The van der Waals surface area contributed by atoms with Gasteiger partial charge in [-0.15, -0.1) is 0 Å². The lowest BCUT2D eigenvalue weighted by molar-refractivity contribution is 0.0697. The normalized spacial score (nSPS) is 15.6. The molecule has 1 fully saturated rings. The highest BCUT2D eigenvalue weighted by atomic mass is 16.4. The first-order valence-electron chi connectivity index (χ1n) is 6.01. The second kappa shape index (κ2) is 4.79. The summed E-state index contributed by atoms with van der Waals surface area (Å²) in [6.45, 7) is 2.65. The predicted octanol–water partition coefficient (Wildman–Crippen LogP) is 2.01. The SMILES string of the molecule is CC1(CNC(=O)Nc2ccc(O)cc2C(=O)O)CC1. The van der Waals surface area contributed by atoms with E-state index in [9.17, 15) is 14.7 Å². The fourth-order valence-electron chi connectivity index (χ4n) is 1.67. The molecular weight excluding hydrogens is 248 g/mol. The first-order valence-corrected chi connectivity index (χ1v) is 6.01. The zero-order chi connectivity index (χ0) is 14.0. The van der Waals surface area contributed by atoms with Crippen LogP contribution in [0.15, 0.2) is 18.2 Å². The fourth-order valence-corrected chi connectivity index (χ4v) is 1.67. The van der Waals surface area contributed by atoms with Crippen LogP contribution in [0.4, 0.5) is 10.5 Å². The summed E-state index contributed by atoms with van der Waals surface area (Å²) in [4.78, 5) is 22.7.